The third-order valence-corrected chi connectivity index (χ3v) is 6.50. The lowest BCUT2D eigenvalue weighted by Crippen LogP contribution is -2.41. The van der Waals surface area contributed by atoms with Gasteiger partial charge in [0.2, 0.25) is 5.91 Å². The average molecular weight is 374 g/mol. The smallest absolute Gasteiger partial charge is 0.228 e. The van der Waals surface area contributed by atoms with Gasteiger partial charge in [0.1, 0.15) is 5.52 Å². The second-order valence-electron chi connectivity index (χ2n) is 8.61. The maximum Gasteiger partial charge on any atom is 0.228 e. The van der Waals surface area contributed by atoms with E-state index in [-0.39, 0.29) is 5.41 Å². The Kier molecular flexibility index (Phi) is 4.00. The summed E-state index contributed by atoms with van der Waals surface area (Å²) < 4.78 is 2.07. The number of rotatable bonds is 3. The molecular formula is C23H26N4O. The third kappa shape index (κ3) is 2.89. The van der Waals surface area contributed by atoms with Crippen LogP contribution in [0.1, 0.15) is 44.2 Å². The Morgan fingerprint density at radius 3 is 2.54 bits per heavy atom. The highest BCUT2D eigenvalue weighted by atomic mass is 16.2. The molecule has 0 N–H and O–H groups in total. The number of aryl methyl sites for hydroxylation is 1. The summed E-state index contributed by atoms with van der Waals surface area (Å²) in [5.74, 6) is 0.740. The van der Waals surface area contributed by atoms with Gasteiger partial charge in [0, 0.05) is 42.7 Å². The summed E-state index contributed by atoms with van der Waals surface area (Å²) in [5, 5.41) is 0. The maximum atomic E-state index is 12.6. The Morgan fingerprint density at radius 2 is 1.86 bits per heavy atom. The summed E-state index contributed by atoms with van der Waals surface area (Å²) in [6.07, 6.45) is 5.91. The third-order valence-electron chi connectivity index (χ3n) is 6.50. The SMILES string of the molecule is Cn1cnc2c(-c3ccccc3)nc(C3CCN(C(=O)C4(C)CC4)CC3)cc21. The van der Waals surface area contributed by atoms with Crippen molar-refractivity contribution in [1.29, 1.82) is 0 Å². The number of hydrogen-bond donors (Lipinski definition) is 0. The normalized spacial score (nSPS) is 19.1. The Hall–Kier alpha value is -2.69. The summed E-state index contributed by atoms with van der Waals surface area (Å²) >= 11 is 0. The average Bonchev–Trinajstić information content (AvgIpc) is 3.39. The minimum absolute atomic E-state index is 0.0703. The molecule has 5 heteroatoms. The van der Waals surface area contributed by atoms with E-state index in [1.807, 2.05) is 31.6 Å². The van der Waals surface area contributed by atoms with E-state index in [1.165, 1.54) is 0 Å². The van der Waals surface area contributed by atoms with Gasteiger partial charge in [0.15, 0.2) is 0 Å². The van der Waals surface area contributed by atoms with Gasteiger partial charge in [0.05, 0.1) is 17.5 Å². The van der Waals surface area contributed by atoms with Crippen molar-refractivity contribution in [2.75, 3.05) is 13.1 Å². The van der Waals surface area contributed by atoms with Crippen molar-refractivity contribution in [3.63, 3.8) is 0 Å². The van der Waals surface area contributed by atoms with Gasteiger partial charge in [-0.25, -0.2) is 4.98 Å². The number of imidazole rings is 1. The molecule has 1 aromatic carbocycles. The number of benzene rings is 1. The molecule has 1 aliphatic carbocycles. The number of pyridine rings is 1. The second-order valence-corrected chi connectivity index (χ2v) is 8.61. The van der Waals surface area contributed by atoms with E-state index in [9.17, 15) is 4.79 Å². The summed E-state index contributed by atoms with van der Waals surface area (Å²) in [4.78, 5) is 24.4. The van der Waals surface area contributed by atoms with E-state index < -0.39 is 0 Å². The molecular weight excluding hydrogens is 348 g/mol. The predicted molar refractivity (Wildman–Crippen MR) is 110 cm³/mol. The Labute approximate surface area is 165 Å². The highest BCUT2D eigenvalue weighted by Gasteiger charge is 2.47. The molecule has 5 nitrogen and oxygen atoms in total. The fourth-order valence-electron chi connectivity index (χ4n) is 4.31. The van der Waals surface area contributed by atoms with Crippen LogP contribution in [0.5, 0.6) is 0 Å². The van der Waals surface area contributed by atoms with Crippen molar-refractivity contribution in [2.24, 2.45) is 12.5 Å². The van der Waals surface area contributed by atoms with E-state index in [0.29, 0.717) is 11.8 Å². The van der Waals surface area contributed by atoms with Crippen LogP contribution < -0.4 is 0 Å². The van der Waals surface area contributed by atoms with Crippen molar-refractivity contribution >= 4 is 16.9 Å². The van der Waals surface area contributed by atoms with Crippen molar-refractivity contribution in [1.82, 2.24) is 19.4 Å². The lowest BCUT2D eigenvalue weighted by Gasteiger charge is -2.33. The highest BCUT2D eigenvalue weighted by molar-refractivity contribution is 5.90. The minimum atomic E-state index is -0.0703. The molecule has 144 valence electrons. The van der Waals surface area contributed by atoms with Gasteiger partial charge in [-0.2, -0.15) is 0 Å². The number of carbonyl (C=O) groups excluding carboxylic acids is 1. The molecule has 5 rings (SSSR count). The van der Waals surface area contributed by atoms with Crippen LogP contribution in [0.25, 0.3) is 22.3 Å². The number of piperidine rings is 1. The number of aromatic nitrogens is 3. The molecule has 3 heterocycles. The zero-order valence-electron chi connectivity index (χ0n) is 16.6. The van der Waals surface area contributed by atoms with Crippen LogP contribution in [0.4, 0.5) is 0 Å². The van der Waals surface area contributed by atoms with Crippen molar-refractivity contribution in [2.45, 2.75) is 38.5 Å². The zero-order chi connectivity index (χ0) is 19.3. The summed E-state index contributed by atoms with van der Waals surface area (Å²) in [6.45, 7) is 3.78. The van der Waals surface area contributed by atoms with E-state index in [0.717, 1.165) is 66.8 Å². The van der Waals surface area contributed by atoms with Crippen LogP contribution in [-0.2, 0) is 11.8 Å². The number of amides is 1. The van der Waals surface area contributed by atoms with Crippen LogP contribution in [0.15, 0.2) is 42.7 Å². The summed E-state index contributed by atoms with van der Waals surface area (Å²) in [6, 6.07) is 12.5. The van der Waals surface area contributed by atoms with E-state index >= 15 is 0 Å². The molecule has 2 aromatic heterocycles. The van der Waals surface area contributed by atoms with Gasteiger partial charge in [-0.05, 0) is 31.7 Å². The molecule has 2 aliphatic rings. The van der Waals surface area contributed by atoms with Crippen LogP contribution in [-0.4, -0.2) is 38.4 Å². The van der Waals surface area contributed by atoms with Crippen LogP contribution in [0.3, 0.4) is 0 Å². The monoisotopic (exact) mass is 374 g/mol. The summed E-state index contributed by atoms with van der Waals surface area (Å²) in [5.41, 5.74) is 5.18. The molecule has 0 radical (unpaired) electrons. The van der Waals surface area contributed by atoms with Gasteiger partial charge >= 0.3 is 0 Å². The standard InChI is InChI=1S/C23H26N4O/c1-23(10-11-23)22(28)27-12-8-16(9-13-27)18-14-19-21(24-15-26(19)2)20(25-18)17-6-4-3-5-7-17/h3-7,14-16H,8-13H2,1-2H3. The molecule has 0 bridgehead atoms. The molecule has 0 spiro atoms. The first-order valence-electron chi connectivity index (χ1n) is 10.2. The first-order chi connectivity index (χ1) is 13.5. The van der Waals surface area contributed by atoms with Gasteiger partial charge < -0.3 is 9.47 Å². The van der Waals surface area contributed by atoms with E-state index in [1.54, 1.807) is 0 Å². The quantitative estimate of drug-likeness (QED) is 0.692. The van der Waals surface area contributed by atoms with Crippen LogP contribution in [0, 0.1) is 5.41 Å². The fraction of sp³-hybridized carbons (Fsp3) is 0.435. The summed E-state index contributed by atoms with van der Waals surface area (Å²) in [7, 11) is 2.03. The number of carbonyl (C=O) groups is 1. The fourth-order valence-corrected chi connectivity index (χ4v) is 4.31. The van der Waals surface area contributed by atoms with Gasteiger partial charge in [-0.1, -0.05) is 37.3 Å². The topological polar surface area (TPSA) is 51.0 Å². The largest absolute Gasteiger partial charge is 0.342 e. The molecule has 1 amide bonds. The molecule has 28 heavy (non-hydrogen) atoms. The van der Waals surface area contributed by atoms with Gasteiger partial charge in [0.25, 0.3) is 0 Å². The lowest BCUT2D eigenvalue weighted by molar-refractivity contribution is -0.137. The Bertz CT molecular complexity index is 1030. The zero-order valence-corrected chi connectivity index (χ0v) is 16.6. The molecule has 0 unspecified atom stereocenters. The van der Waals surface area contributed by atoms with Crippen molar-refractivity contribution < 1.29 is 4.79 Å². The first kappa shape index (κ1) is 17.4. The number of hydrogen-bond acceptors (Lipinski definition) is 3. The molecule has 0 atom stereocenters. The maximum absolute atomic E-state index is 12.6. The van der Waals surface area contributed by atoms with Crippen LogP contribution in [0.2, 0.25) is 0 Å². The predicted octanol–water partition coefficient (Wildman–Crippen LogP) is 4.14. The Morgan fingerprint density at radius 1 is 1.14 bits per heavy atom. The van der Waals surface area contributed by atoms with E-state index in [4.69, 9.17) is 4.98 Å². The van der Waals surface area contributed by atoms with Crippen molar-refractivity contribution in [3.05, 3.63) is 48.4 Å². The van der Waals surface area contributed by atoms with Gasteiger partial charge in [-0.15, -0.1) is 0 Å². The molecule has 1 aliphatic heterocycles. The molecule has 1 saturated heterocycles. The second kappa shape index (κ2) is 6.43. The first-order valence-corrected chi connectivity index (χ1v) is 10.2. The van der Waals surface area contributed by atoms with Gasteiger partial charge in [-0.3, -0.25) is 9.78 Å². The van der Waals surface area contributed by atoms with Crippen molar-refractivity contribution in [3.8, 4) is 11.3 Å². The molecule has 3 aromatic rings. The number of nitrogens with zero attached hydrogens (tertiary/aromatic N) is 4. The Balaban J connectivity index is 1.45. The number of fused-ring (bicyclic) bond motifs is 1. The molecule has 2 fully saturated rings. The lowest BCUT2D eigenvalue weighted by atomic mass is 9.91. The number of likely N-dealkylation sites (tertiary alicyclic amines) is 1. The minimum Gasteiger partial charge on any atom is -0.342 e. The highest BCUT2D eigenvalue weighted by Crippen LogP contribution is 2.47. The van der Waals surface area contributed by atoms with E-state index in [2.05, 4.69) is 39.6 Å². The molecule has 1 saturated carbocycles. The van der Waals surface area contributed by atoms with Crippen LogP contribution >= 0.6 is 0 Å².